The van der Waals surface area contributed by atoms with Crippen molar-refractivity contribution in [2.24, 2.45) is 0 Å². The van der Waals surface area contributed by atoms with E-state index in [1.165, 1.54) is 23.1 Å². The lowest BCUT2D eigenvalue weighted by Crippen LogP contribution is -2.39. The van der Waals surface area contributed by atoms with Gasteiger partial charge in [0, 0.05) is 43.9 Å². The third-order valence-electron chi connectivity index (χ3n) is 6.24. The molecule has 34 heavy (non-hydrogen) atoms. The normalized spacial score (nSPS) is 20.6. The van der Waals surface area contributed by atoms with E-state index >= 15 is 0 Å². The van der Waals surface area contributed by atoms with Crippen LogP contribution in [0, 0.1) is 17.0 Å². The van der Waals surface area contributed by atoms with E-state index in [1.54, 1.807) is 30.3 Å². The standard InChI is InChI=1S/C25H27N3O6/c1-17-6-8-18(9-7-17)23(29)21-22(19-4-2-5-20(16-19)28(32)33)27(25(31)24(21)30)11-3-10-26-12-14-34-15-13-26/h2,4-9,16,22,29H,3,10-15H2,1H3/b23-21-. The Bertz CT molecular complexity index is 1120. The molecule has 1 atom stereocenters. The molecule has 2 heterocycles. The summed E-state index contributed by atoms with van der Waals surface area (Å²) < 4.78 is 5.37. The first kappa shape index (κ1) is 23.6. The molecule has 2 aliphatic heterocycles. The number of nitro benzene ring substituents is 1. The Kier molecular flexibility index (Phi) is 7.04. The summed E-state index contributed by atoms with van der Waals surface area (Å²) in [6.45, 7) is 5.84. The molecular weight excluding hydrogens is 438 g/mol. The summed E-state index contributed by atoms with van der Waals surface area (Å²) in [4.78, 5) is 40.7. The van der Waals surface area contributed by atoms with Gasteiger partial charge in [0.25, 0.3) is 17.4 Å². The molecule has 2 aromatic carbocycles. The van der Waals surface area contributed by atoms with Crippen LogP contribution < -0.4 is 0 Å². The number of nitro groups is 1. The smallest absolute Gasteiger partial charge is 0.295 e. The van der Waals surface area contributed by atoms with Gasteiger partial charge in [-0.2, -0.15) is 0 Å². The third kappa shape index (κ3) is 4.85. The van der Waals surface area contributed by atoms with Gasteiger partial charge in [0.05, 0.1) is 29.8 Å². The number of likely N-dealkylation sites (tertiary alicyclic amines) is 1. The van der Waals surface area contributed by atoms with Gasteiger partial charge in [-0.3, -0.25) is 24.6 Å². The molecule has 9 nitrogen and oxygen atoms in total. The van der Waals surface area contributed by atoms with Crippen molar-refractivity contribution in [2.45, 2.75) is 19.4 Å². The summed E-state index contributed by atoms with van der Waals surface area (Å²) in [5.41, 5.74) is 1.60. The van der Waals surface area contributed by atoms with E-state index in [4.69, 9.17) is 4.74 Å². The number of ether oxygens (including phenoxy) is 1. The molecule has 2 fully saturated rings. The molecule has 2 saturated heterocycles. The molecular formula is C25H27N3O6. The van der Waals surface area contributed by atoms with Gasteiger partial charge in [0.2, 0.25) is 0 Å². The average Bonchev–Trinajstić information content (AvgIpc) is 3.10. The number of hydrogen-bond acceptors (Lipinski definition) is 7. The number of morpholine rings is 1. The van der Waals surface area contributed by atoms with E-state index in [0.29, 0.717) is 30.8 Å². The Morgan fingerprint density at radius 1 is 1.12 bits per heavy atom. The van der Waals surface area contributed by atoms with Crippen LogP contribution in [0.1, 0.15) is 29.2 Å². The van der Waals surface area contributed by atoms with Crippen LogP contribution in [-0.4, -0.2) is 70.9 Å². The Labute approximate surface area is 197 Å². The van der Waals surface area contributed by atoms with Crippen molar-refractivity contribution in [3.63, 3.8) is 0 Å². The zero-order valence-electron chi connectivity index (χ0n) is 19.0. The van der Waals surface area contributed by atoms with Crippen LogP contribution in [0.25, 0.3) is 5.76 Å². The van der Waals surface area contributed by atoms with E-state index < -0.39 is 22.7 Å². The van der Waals surface area contributed by atoms with Crippen molar-refractivity contribution in [3.05, 3.63) is 80.9 Å². The predicted molar refractivity (Wildman–Crippen MR) is 125 cm³/mol. The maximum absolute atomic E-state index is 13.1. The molecule has 1 N–H and O–H groups in total. The molecule has 2 aromatic rings. The minimum Gasteiger partial charge on any atom is -0.507 e. The second-order valence-electron chi connectivity index (χ2n) is 8.52. The Hall–Kier alpha value is -3.56. The van der Waals surface area contributed by atoms with Crippen LogP contribution in [0.15, 0.2) is 54.1 Å². The molecule has 0 aliphatic carbocycles. The largest absolute Gasteiger partial charge is 0.507 e. The van der Waals surface area contributed by atoms with Gasteiger partial charge in [0.1, 0.15) is 5.76 Å². The third-order valence-corrected chi connectivity index (χ3v) is 6.24. The first-order valence-corrected chi connectivity index (χ1v) is 11.3. The highest BCUT2D eigenvalue weighted by Crippen LogP contribution is 2.40. The number of nitrogens with zero attached hydrogens (tertiary/aromatic N) is 3. The number of Topliss-reactive ketones (excluding diaryl/α,β-unsaturated/α-hetero) is 1. The van der Waals surface area contributed by atoms with Crippen molar-refractivity contribution in [2.75, 3.05) is 39.4 Å². The SMILES string of the molecule is Cc1ccc(/C(O)=C2/C(=O)C(=O)N(CCCN3CCOCC3)C2c2cccc([N+](=O)[O-])c2)cc1. The van der Waals surface area contributed by atoms with Crippen molar-refractivity contribution in [3.8, 4) is 0 Å². The fraction of sp³-hybridized carbons (Fsp3) is 0.360. The van der Waals surface area contributed by atoms with Crippen molar-refractivity contribution in [1.82, 2.24) is 9.80 Å². The van der Waals surface area contributed by atoms with Crippen LogP contribution in [0.2, 0.25) is 0 Å². The molecule has 2 aliphatic rings. The second kappa shape index (κ2) is 10.1. The van der Waals surface area contributed by atoms with Gasteiger partial charge in [-0.15, -0.1) is 0 Å². The lowest BCUT2D eigenvalue weighted by molar-refractivity contribution is -0.384. The number of rotatable bonds is 7. The number of hydrogen-bond donors (Lipinski definition) is 1. The summed E-state index contributed by atoms with van der Waals surface area (Å²) in [5.74, 6) is -1.79. The maximum Gasteiger partial charge on any atom is 0.295 e. The summed E-state index contributed by atoms with van der Waals surface area (Å²) in [6.07, 6.45) is 0.614. The first-order valence-electron chi connectivity index (χ1n) is 11.3. The van der Waals surface area contributed by atoms with Gasteiger partial charge >= 0.3 is 0 Å². The van der Waals surface area contributed by atoms with Crippen molar-refractivity contribution in [1.29, 1.82) is 0 Å². The van der Waals surface area contributed by atoms with E-state index in [2.05, 4.69) is 4.90 Å². The second-order valence-corrected chi connectivity index (χ2v) is 8.52. The predicted octanol–water partition coefficient (Wildman–Crippen LogP) is 3.05. The number of ketones is 1. The number of amides is 1. The highest BCUT2D eigenvalue weighted by Gasteiger charge is 2.46. The molecule has 1 unspecified atom stereocenters. The van der Waals surface area contributed by atoms with Crippen molar-refractivity contribution >= 4 is 23.1 Å². The maximum atomic E-state index is 13.1. The van der Waals surface area contributed by atoms with Gasteiger partial charge < -0.3 is 14.7 Å². The van der Waals surface area contributed by atoms with Gasteiger partial charge in [-0.05, 0) is 18.9 Å². The van der Waals surface area contributed by atoms with Crippen LogP contribution in [-0.2, 0) is 14.3 Å². The molecule has 9 heteroatoms. The highest BCUT2D eigenvalue weighted by molar-refractivity contribution is 6.46. The average molecular weight is 466 g/mol. The highest BCUT2D eigenvalue weighted by atomic mass is 16.6. The lowest BCUT2D eigenvalue weighted by atomic mass is 9.94. The minimum absolute atomic E-state index is 0.0549. The number of non-ortho nitro benzene ring substituents is 1. The number of benzene rings is 2. The molecule has 0 spiro atoms. The molecule has 0 saturated carbocycles. The number of aliphatic hydroxyl groups excluding tert-OH is 1. The lowest BCUT2D eigenvalue weighted by Gasteiger charge is -2.29. The molecule has 0 aromatic heterocycles. The Morgan fingerprint density at radius 2 is 1.82 bits per heavy atom. The van der Waals surface area contributed by atoms with Crippen LogP contribution in [0.5, 0.6) is 0 Å². The molecule has 1 amide bonds. The number of carbonyl (C=O) groups excluding carboxylic acids is 2. The number of aliphatic hydroxyl groups is 1. The van der Waals surface area contributed by atoms with Gasteiger partial charge in [0.15, 0.2) is 0 Å². The van der Waals surface area contributed by atoms with E-state index in [1.807, 2.05) is 6.92 Å². The van der Waals surface area contributed by atoms with Crippen molar-refractivity contribution < 1.29 is 24.4 Å². The van der Waals surface area contributed by atoms with Gasteiger partial charge in [-0.1, -0.05) is 42.0 Å². The van der Waals surface area contributed by atoms with E-state index in [-0.39, 0.29) is 23.6 Å². The first-order chi connectivity index (χ1) is 16.4. The summed E-state index contributed by atoms with van der Waals surface area (Å²) >= 11 is 0. The summed E-state index contributed by atoms with van der Waals surface area (Å²) in [5, 5.41) is 22.5. The fourth-order valence-corrected chi connectivity index (χ4v) is 4.42. The minimum atomic E-state index is -0.911. The monoisotopic (exact) mass is 465 g/mol. The summed E-state index contributed by atoms with van der Waals surface area (Å²) in [6, 6.07) is 11.9. The Morgan fingerprint density at radius 3 is 2.50 bits per heavy atom. The number of carbonyl (C=O) groups is 2. The zero-order chi connectivity index (χ0) is 24.2. The molecule has 0 radical (unpaired) electrons. The zero-order valence-corrected chi connectivity index (χ0v) is 19.0. The number of aryl methyl sites for hydroxylation is 1. The van der Waals surface area contributed by atoms with Gasteiger partial charge in [-0.25, -0.2) is 0 Å². The van der Waals surface area contributed by atoms with Crippen LogP contribution in [0.4, 0.5) is 5.69 Å². The molecule has 4 rings (SSSR count). The topological polar surface area (TPSA) is 113 Å². The van der Waals surface area contributed by atoms with Crippen LogP contribution >= 0.6 is 0 Å². The quantitative estimate of drug-likeness (QED) is 0.220. The van der Waals surface area contributed by atoms with E-state index in [9.17, 15) is 24.8 Å². The Balaban J connectivity index is 1.70. The molecule has 178 valence electrons. The van der Waals surface area contributed by atoms with Crippen LogP contribution in [0.3, 0.4) is 0 Å². The fourth-order valence-electron chi connectivity index (χ4n) is 4.42. The molecule has 0 bridgehead atoms. The summed E-state index contributed by atoms with van der Waals surface area (Å²) in [7, 11) is 0. The van der Waals surface area contributed by atoms with E-state index in [0.717, 1.165) is 25.2 Å².